The van der Waals surface area contributed by atoms with Crippen LogP contribution in [0, 0.1) is 23.6 Å². The van der Waals surface area contributed by atoms with Gasteiger partial charge in [-0.05, 0) is 47.4 Å². The van der Waals surface area contributed by atoms with Crippen molar-refractivity contribution in [1.82, 2.24) is 15.3 Å². The molecule has 1 amide bonds. The zero-order valence-corrected chi connectivity index (χ0v) is 15.4. The molecule has 2 aliphatic rings. The van der Waals surface area contributed by atoms with Crippen LogP contribution in [0.5, 0.6) is 0 Å². The SMILES string of the molecule is O=C(/C=C/c1ccccc1)NCCC1[C@H]2CN(c3nc(Cl)ncc3F)C[C@@H]12. The zero-order valence-electron chi connectivity index (χ0n) is 14.7. The summed E-state index contributed by atoms with van der Waals surface area (Å²) in [6, 6.07) is 9.73. The van der Waals surface area contributed by atoms with Gasteiger partial charge >= 0.3 is 0 Å². The lowest BCUT2D eigenvalue weighted by Gasteiger charge is -2.21. The molecular weight excluding hydrogens is 367 g/mol. The lowest BCUT2D eigenvalue weighted by atomic mass is 10.2. The molecule has 1 unspecified atom stereocenters. The summed E-state index contributed by atoms with van der Waals surface area (Å²) in [5, 5.41) is 3.00. The highest BCUT2D eigenvalue weighted by Crippen LogP contribution is 2.54. The van der Waals surface area contributed by atoms with Crippen molar-refractivity contribution in [3.63, 3.8) is 0 Å². The van der Waals surface area contributed by atoms with Gasteiger partial charge in [0.1, 0.15) is 0 Å². The summed E-state index contributed by atoms with van der Waals surface area (Å²) in [5.41, 5.74) is 1.00. The van der Waals surface area contributed by atoms with Crippen LogP contribution in [0.1, 0.15) is 12.0 Å². The Morgan fingerprint density at radius 1 is 1.30 bits per heavy atom. The first-order valence-corrected chi connectivity index (χ1v) is 9.43. The zero-order chi connectivity index (χ0) is 18.8. The Balaban J connectivity index is 1.20. The molecule has 2 heterocycles. The second-order valence-corrected chi connectivity index (χ2v) is 7.37. The summed E-state index contributed by atoms with van der Waals surface area (Å²) in [6.45, 7) is 2.21. The number of aromatic nitrogens is 2. The third-order valence-corrected chi connectivity index (χ3v) is 5.55. The maximum Gasteiger partial charge on any atom is 0.243 e. The lowest BCUT2D eigenvalue weighted by molar-refractivity contribution is -0.116. The van der Waals surface area contributed by atoms with E-state index < -0.39 is 5.82 Å². The van der Waals surface area contributed by atoms with E-state index in [4.69, 9.17) is 11.6 Å². The maximum atomic E-state index is 13.9. The van der Waals surface area contributed by atoms with E-state index in [1.165, 1.54) is 0 Å². The fourth-order valence-electron chi connectivity index (χ4n) is 3.97. The minimum Gasteiger partial charge on any atom is -0.353 e. The van der Waals surface area contributed by atoms with Gasteiger partial charge in [0.05, 0.1) is 6.20 Å². The molecule has 1 aliphatic carbocycles. The van der Waals surface area contributed by atoms with Crippen LogP contribution in [0.3, 0.4) is 0 Å². The fourth-order valence-corrected chi connectivity index (χ4v) is 4.10. The molecule has 5 nitrogen and oxygen atoms in total. The van der Waals surface area contributed by atoms with E-state index in [2.05, 4.69) is 15.3 Å². The third kappa shape index (κ3) is 4.11. The Hall–Kier alpha value is -2.47. The molecule has 1 aliphatic heterocycles. The van der Waals surface area contributed by atoms with Crippen LogP contribution < -0.4 is 10.2 Å². The van der Waals surface area contributed by atoms with Crippen LogP contribution in [-0.4, -0.2) is 35.5 Å². The molecule has 0 spiro atoms. The number of carbonyl (C=O) groups is 1. The van der Waals surface area contributed by atoms with Crippen molar-refractivity contribution in [2.24, 2.45) is 17.8 Å². The van der Waals surface area contributed by atoms with Gasteiger partial charge in [0.25, 0.3) is 0 Å². The number of rotatable bonds is 6. The Morgan fingerprint density at radius 2 is 2.04 bits per heavy atom. The van der Waals surface area contributed by atoms with E-state index in [-0.39, 0.29) is 11.2 Å². The fraction of sp³-hybridized carbons (Fsp3) is 0.350. The normalized spacial score (nSPS) is 23.5. The molecule has 1 N–H and O–H groups in total. The van der Waals surface area contributed by atoms with Gasteiger partial charge in [0, 0.05) is 25.7 Å². The topological polar surface area (TPSA) is 58.1 Å². The number of hydrogen-bond donors (Lipinski definition) is 1. The molecule has 1 aromatic heterocycles. The quantitative estimate of drug-likeness (QED) is 0.612. The highest BCUT2D eigenvalue weighted by atomic mass is 35.5. The van der Waals surface area contributed by atoms with Crippen molar-refractivity contribution in [2.45, 2.75) is 6.42 Å². The minimum atomic E-state index is -0.435. The summed E-state index contributed by atoms with van der Waals surface area (Å²) in [4.78, 5) is 21.5. The minimum absolute atomic E-state index is 0.0646. The number of nitrogens with zero attached hydrogens (tertiary/aromatic N) is 3. The predicted molar refractivity (Wildman–Crippen MR) is 103 cm³/mol. The lowest BCUT2D eigenvalue weighted by Crippen LogP contribution is -2.28. The van der Waals surface area contributed by atoms with Gasteiger partial charge in [0.15, 0.2) is 11.6 Å². The number of fused-ring (bicyclic) bond motifs is 1. The molecule has 140 valence electrons. The number of nitrogens with one attached hydrogen (secondary N) is 1. The number of carbonyl (C=O) groups excluding carboxylic acids is 1. The monoisotopic (exact) mass is 386 g/mol. The van der Waals surface area contributed by atoms with Crippen LogP contribution >= 0.6 is 11.6 Å². The Kier molecular flexibility index (Phi) is 5.07. The number of anilines is 1. The van der Waals surface area contributed by atoms with Crippen molar-refractivity contribution in [3.05, 3.63) is 59.3 Å². The van der Waals surface area contributed by atoms with Crippen LogP contribution in [0.25, 0.3) is 6.08 Å². The van der Waals surface area contributed by atoms with Gasteiger partial charge in [-0.15, -0.1) is 0 Å². The van der Waals surface area contributed by atoms with E-state index in [1.54, 1.807) is 12.2 Å². The van der Waals surface area contributed by atoms with Crippen LogP contribution in [0.15, 0.2) is 42.6 Å². The van der Waals surface area contributed by atoms with Crippen LogP contribution in [0.2, 0.25) is 5.28 Å². The first-order chi connectivity index (χ1) is 13.1. The van der Waals surface area contributed by atoms with Gasteiger partial charge < -0.3 is 10.2 Å². The smallest absolute Gasteiger partial charge is 0.243 e. The molecule has 4 rings (SSSR count). The molecule has 1 saturated heterocycles. The number of halogens is 2. The number of hydrogen-bond acceptors (Lipinski definition) is 4. The van der Waals surface area contributed by atoms with E-state index in [0.717, 1.165) is 31.3 Å². The molecule has 0 bridgehead atoms. The number of amides is 1. The summed E-state index contributed by atoms with van der Waals surface area (Å²) in [5.74, 6) is 1.43. The van der Waals surface area contributed by atoms with E-state index >= 15 is 0 Å². The second kappa shape index (κ2) is 7.64. The van der Waals surface area contributed by atoms with Gasteiger partial charge in [-0.2, -0.15) is 4.98 Å². The Bertz CT molecular complexity index is 848. The Morgan fingerprint density at radius 3 is 2.78 bits per heavy atom. The van der Waals surface area contributed by atoms with E-state index in [1.807, 2.05) is 35.2 Å². The molecule has 2 aromatic rings. The third-order valence-electron chi connectivity index (χ3n) is 5.37. The Labute approximate surface area is 162 Å². The van der Waals surface area contributed by atoms with Gasteiger partial charge in [-0.1, -0.05) is 30.3 Å². The van der Waals surface area contributed by atoms with Gasteiger partial charge in [0.2, 0.25) is 11.2 Å². The molecule has 3 atom stereocenters. The molecule has 1 saturated carbocycles. The largest absolute Gasteiger partial charge is 0.353 e. The number of piperidine rings is 1. The van der Waals surface area contributed by atoms with E-state index in [9.17, 15) is 9.18 Å². The van der Waals surface area contributed by atoms with Gasteiger partial charge in [-0.3, -0.25) is 4.79 Å². The first kappa shape index (κ1) is 17.9. The summed E-state index contributed by atoms with van der Waals surface area (Å²) < 4.78 is 13.9. The average molecular weight is 387 g/mol. The maximum absolute atomic E-state index is 13.9. The van der Waals surface area contributed by atoms with Crippen molar-refractivity contribution < 1.29 is 9.18 Å². The molecule has 1 aromatic carbocycles. The molecule has 2 fully saturated rings. The summed E-state index contributed by atoms with van der Waals surface area (Å²) in [7, 11) is 0. The predicted octanol–water partition coefficient (Wildman–Crippen LogP) is 3.17. The molecule has 27 heavy (non-hydrogen) atoms. The standard InChI is InChI=1S/C20H20ClFN4O/c21-20-24-10-17(22)19(25-20)26-11-15-14(16(15)12-26)8-9-23-18(27)7-6-13-4-2-1-3-5-13/h1-7,10,14-16H,8-9,11-12H2,(H,23,27)/b7-6+/t14?,15-,16+. The second-order valence-electron chi connectivity index (χ2n) is 7.03. The highest BCUT2D eigenvalue weighted by Gasteiger charge is 2.55. The van der Waals surface area contributed by atoms with Crippen molar-refractivity contribution in [2.75, 3.05) is 24.5 Å². The van der Waals surface area contributed by atoms with Gasteiger partial charge in [-0.25, -0.2) is 9.37 Å². The highest BCUT2D eigenvalue weighted by molar-refractivity contribution is 6.28. The molecule has 0 radical (unpaired) electrons. The van der Waals surface area contributed by atoms with E-state index in [0.29, 0.717) is 30.1 Å². The summed E-state index contributed by atoms with van der Waals surface area (Å²) >= 11 is 5.77. The van der Waals surface area contributed by atoms with Crippen molar-refractivity contribution in [3.8, 4) is 0 Å². The van der Waals surface area contributed by atoms with Crippen molar-refractivity contribution >= 4 is 29.4 Å². The first-order valence-electron chi connectivity index (χ1n) is 9.06. The van der Waals surface area contributed by atoms with Crippen LogP contribution in [0.4, 0.5) is 10.2 Å². The van der Waals surface area contributed by atoms with Crippen molar-refractivity contribution in [1.29, 1.82) is 0 Å². The average Bonchev–Trinajstić information content (AvgIpc) is 3.12. The van der Waals surface area contributed by atoms with Crippen LogP contribution in [-0.2, 0) is 4.79 Å². The molecule has 7 heteroatoms. The molecular formula is C20H20ClFN4O. The summed E-state index contributed by atoms with van der Waals surface area (Å²) in [6.07, 6.45) is 5.43. The number of benzene rings is 1.